The summed E-state index contributed by atoms with van der Waals surface area (Å²) < 4.78 is 0. The molecule has 0 aromatic heterocycles. The molecule has 1 aliphatic carbocycles. The van der Waals surface area contributed by atoms with Gasteiger partial charge in [0, 0.05) is 28.7 Å². The molecule has 6 heteroatoms. The number of hydrogen-bond donors (Lipinski definition) is 1. The average Bonchev–Trinajstić information content (AvgIpc) is 3.36. The first-order valence-electron chi connectivity index (χ1n) is 11.9. The van der Waals surface area contributed by atoms with Crippen LogP contribution in [0.2, 0.25) is 0 Å². The Kier molecular flexibility index (Phi) is 6.14. The predicted octanol–water partition coefficient (Wildman–Crippen LogP) is 4.23. The molecule has 1 N–H and O–H groups in total. The SMILES string of the molecule is Cc1ccc(C(=O)Nc2c(CC(=O)CN3CCCC3)ccc3c2C(=O)c2ccccc2C3=O)cc1. The van der Waals surface area contributed by atoms with Crippen molar-refractivity contribution < 1.29 is 19.2 Å². The van der Waals surface area contributed by atoms with Crippen LogP contribution in [0.25, 0.3) is 0 Å². The molecular formula is C29H26N2O4. The highest BCUT2D eigenvalue weighted by Gasteiger charge is 2.33. The molecule has 1 fully saturated rings. The largest absolute Gasteiger partial charge is 0.321 e. The van der Waals surface area contributed by atoms with Crippen LogP contribution < -0.4 is 5.32 Å². The number of rotatable bonds is 6. The van der Waals surface area contributed by atoms with Crippen LogP contribution in [0.5, 0.6) is 0 Å². The van der Waals surface area contributed by atoms with Gasteiger partial charge in [-0.3, -0.25) is 24.1 Å². The van der Waals surface area contributed by atoms with E-state index >= 15 is 0 Å². The molecule has 0 atom stereocenters. The monoisotopic (exact) mass is 466 g/mol. The molecule has 0 spiro atoms. The number of amides is 1. The molecule has 35 heavy (non-hydrogen) atoms. The van der Waals surface area contributed by atoms with E-state index in [0.29, 0.717) is 28.8 Å². The van der Waals surface area contributed by atoms with Gasteiger partial charge in [0.05, 0.1) is 17.8 Å². The van der Waals surface area contributed by atoms with E-state index in [1.807, 2.05) is 19.1 Å². The van der Waals surface area contributed by atoms with E-state index in [2.05, 4.69) is 10.2 Å². The quantitative estimate of drug-likeness (QED) is 0.460. The van der Waals surface area contributed by atoms with E-state index in [1.54, 1.807) is 48.5 Å². The molecule has 0 saturated carbocycles. The lowest BCUT2D eigenvalue weighted by atomic mass is 9.81. The minimum atomic E-state index is -0.397. The zero-order chi connectivity index (χ0) is 24.5. The molecule has 3 aromatic carbocycles. The smallest absolute Gasteiger partial charge is 0.255 e. The topological polar surface area (TPSA) is 83.6 Å². The minimum Gasteiger partial charge on any atom is -0.321 e. The highest BCUT2D eigenvalue weighted by Crippen LogP contribution is 2.35. The van der Waals surface area contributed by atoms with E-state index in [0.717, 1.165) is 31.5 Å². The lowest BCUT2D eigenvalue weighted by Gasteiger charge is -2.23. The molecule has 0 unspecified atom stereocenters. The maximum atomic E-state index is 13.6. The number of ketones is 3. The van der Waals surface area contributed by atoms with Gasteiger partial charge in [-0.1, -0.05) is 48.0 Å². The second kappa shape index (κ2) is 9.39. The van der Waals surface area contributed by atoms with Crippen LogP contribution in [0, 0.1) is 6.92 Å². The zero-order valence-corrected chi connectivity index (χ0v) is 19.6. The van der Waals surface area contributed by atoms with Crippen LogP contribution in [0.15, 0.2) is 60.7 Å². The lowest BCUT2D eigenvalue weighted by molar-refractivity contribution is -0.119. The van der Waals surface area contributed by atoms with Gasteiger partial charge < -0.3 is 5.32 Å². The second-order valence-corrected chi connectivity index (χ2v) is 9.24. The number of fused-ring (bicyclic) bond motifs is 2. The molecule has 1 aliphatic heterocycles. The van der Waals surface area contributed by atoms with Crippen LogP contribution in [-0.4, -0.2) is 47.8 Å². The van der Waals surface area contributed by atoms with Crippen LogP contribution in [-0.2, 0) is 11.2 Å². The van der Waals surface area contributed by atoms with Crippen LogP contribution in [0.4, 0.5) is 5.69 Å². The molecule has 5 rings (SSSR count). The van der Waals surface area contributed by atoms with Gasteiger partial charge >= 0.3 is 0 Å². The highest BCUT2D eigenvalue weighted by molar-refractivity contribution is 6.31. The Hall–Kier alpha value is -3.90. The third kappa shape index (κ3) is 4.45. The van der Waals surface area contributed by atoms with E-state index in [9.17, 15) is 19.2 Å². The summed E-state index contributed by atoms with van der Waals surface area (Å²) in [5.74, 6) is -0.988. The molecule has 1 heterocycles. The fourth-order valence-corrected chi connectivity index (χ4v) is 4.87. The number of nitrogens with zero attached hydrogens (tertiary/aromatic N) is 1. The van der Waals surface area contributed by atoms with Crippen molar-refractivity contribution in [3.05, 3.63) is 99.6 Å². The minimum absolute atomic E-state index is 0.00710. The number of carbonyl (C=O) groups excluding carboxylic acids is 4. The number of hydrogen-bond acceptors (Lipinski definition) is 5. The number of carbonyl (C=O) groups is 4. The Bertz CT molecular complexity index is 1350. The molecule has 1 saturated heterocycles. The summed E-state index contributed by atoms with van der Waals surface area (Å²) in [5.41, 5.74) is 3.27. The van der Waals surface area contributed by atoms with Crippen molar-refractivity contribution >= 4 is 28.9 Å². The van der Waals surface area contributed by atoms with Gasteiger partial charge in [0.2, 0.25) is 0 Å². The molecule has 6 nitrogen and oxygen atoms in total. The summed E-state index contributed by atoms with van der Waals surface area (Å²) in [6.07, 6.45) is 2.23. The number of benzene rings is 3. The van der Waals surface area contributed by atoms with Gasteiger partial charge in [-0.2, -0.15) is 0 Å². The van der Waals surface area contributed by atoms with E-state index in [1.165, 1.54) is 0 Å². The van der Waals surface area contributed by atoms with Crippen LogP contribution in [0.1, 0.15) is 66.2 Å². The standard InChI is InChI=1S/C29H26N2O4/c1-18-8-10-19(11-9-18)29(35)30-26-20(16-21(32)17-31-14-4-5-15-31)12-13-24-25(26)28(34)23-7-3-2-6-22(23)27(24)33/h2-3,6-13H,4-5,14-17H2,1H3,(H,30,35). The Labute approximate surface area is 204 Å². The summed E-state index contributed by atoms with van der Waals surface area (Å²) >= 11 is 0. The third-order valence-electron chi connectivity index (χ3n) is 6.72. The van der Waals surface area contributed by atoms with Crippen molar-refractivity contribution in [1.82, 2.24) is 4.90 Å². The normalized spacial score (nSPS) is 15.0. The Morgan fingerprint density at radius 2 is 1.49 bits per heavy atom. The number of likely N-dealkylation sites (tertiary alicyclic amines) is 1. The first-order valence-corrected chi connectivity index (χ1v) is 11.9. The molecule has 3 aromatic rings. The third-order valence-corrected chi connectivity index (χ3v) is 6.72. The summed E-state index contributed by atoms with van der Waals surface area (Å²) in [4.78, 5) is 55.0. The van der Waals surface area contributed by atoms with E-state index in [4.69, 9.17) is 0 Å². The molecule has 0 bridgehead atoms. The second-order valence-electron chi connectivity index (χ2n) is 9.24. The average molecular weight is 467 g/mol. The van der Waals surface area contributed by atoms with E-state index in [-0.39, 0.29) is 40.6 Å². The Morgan fingerprint density at radius 1 is 0.829 bits per heavy atom. The fourth-order valence-electron chi connectivity index (χ4n) is 4.87. The molecule has 0 radical (unpaired) electrons. The van der Waals surface area contributed by atoms with Crippen molar-refractivity contribution in [2.24, 2.45) is 0 Å². The maximum Gasteiger partial charge on any atom is 0.255 e. The summed E-state index contributed by atoms with van der Waals surface area (Å²) in [6, 6.07) is 17.1. The van der Waals surface area contributed by atoms with Gasteiger partial charge in [-0.05, 0) is 56.6 Å². The fraction of sp³-hybridized carbons (Fsp3) is 0.241. The van der Waals surface area contributed by atoms with Crippen molar-refractivity contribution in [2.45, 2.75) is 26.2 Å². The van der Waals surface area contributed by atoms with Crippen LogP contribution in [0.3, 0.4) is 0 Å². The number of anilines is 1. The van der Waals surface area contributed by atoms with Gasteiger partial charge in [-0.25, -0.2) is 0 Å². The first-order chi connectivity index (χ1) is 16.9. The molecular weight excluding hydrogens is 440 g/mol. The lowest BCUT2D eigenvalue weighted by Crippen LogP contribution is -2.29. The van der Waals surface area contributed by atoms with Gasteiger partial charge in [0.25, 0.3) is 5.91 Å². The van der Waals surface area contributed by atoms with Gasteiger partial charge in [0.1, 0.15) is 0 Å². The Balaban J connectivity index is 1.55. The number of nitrogens with one attached hydrogen (secondary N) is 1. The van der Waals surface area contributed by atoms with Crippen molar-refractivity contribution in [3.8, 4) is 0 Å². The maximum absolute atomic E-state index is 13.6. The molecule has 176 valence electrons. The number of Topliss-reactive ketones (excluding diaryl/α,β-unsaturated/α-hetero) is 1. The summed E-state index contributed by atoms with van der Waals surface area (Å²) in [6.45, 7) is 4.06. The van der Waals surface area contributed by atoms with Crippen LogP contribution >= 0.6 is 0 Å². The first kappa shape index (κ1) is 22.9. The number of aryl methyl sites for hydroxylation is 1. The van der Waals surface area contributed by atoms with E-state index < -0.39 is 5.91 Å². The van der Waals surface area contributed by atoms with Gasteiger partial charge in [-0.15, -0.1) is 0 Å². The molecule has 1 amide bonds. The summed E-state index contributed by atoms with van der Waals surface area (Å²) in [5, 5.41) is 2.88. The Morgan fingerprint density at radius 3 is 2.17 bits per heavy atom. The van der Waals surface area contributed by atoms with Crippen molar-refractivity contribution in [3.63, 3.8) is 0 Å². The van der Waals surface area contributed by atoms with Crippen molar-refractivity contribution in [2.75, 3.05) is 25.0 Å². The highest BCUT2D eigenvalue weighted by atomic mass is 16.2. The summed E-state index contributed by atoms with van der Waals surface area (Å²) in [7, 11) is 0. The zero-order valence-electron chi connectivity index (χ0n) is 19.6. The molecule has 2 aliphatic rings. The van der Waals surface area contributed by atoms with Gasteiger partial charge in [0.15, 0.2) is 17.3 Å². The van der Waals surface area contributed by atoms with Crippen molar-refractivity contribution in [1.29, 1.82) is 0 Å². The predicted molar refractivity (Wildman–Crippen MR) is 133 cm³/mol.